The highest BCUT2D eigenvalue weighted by molar-refractivity contribution is 8.00. The minimum atomic E-state index is -0.937. The summed E-state index contributed by atoms with van der Waals surface area (Å²) in [6.07, 6.45) is 2.06. The predicted octanol–water partition coefficient (Wildman–Crippen LogP) is 1.90. The van der Waals surface area contributed by atoms with Crippen LogP contribution in [0, 0.1) is 0 Å². The average Bonchev–Trinajstić information content (AvgIpc) is 2.90. The number of thioether (sulfide) groups is 1. The van der Waals surface area contributed by atoms with E-state index < -0.39 is 5.97 Å². The second-order valence-corrected chi connectivity index (χ2v) is 5.53. The smallest absolute Gasteiger partial charge is 0.335 e. The summed E-state index contributed by atoms with van der Waals surface area (Å²) < 4.78 is 0. The molecular weight excluding hydrogens is 250 g/mol. The van der Waals surface area contributed by atoms with E-state index in [-0.39, 0.29) is 16.7 Å². The normalized spacial score (nSPS) is 18.6. The van der Waals surface area contributed by atoms with Crippen molar-refractivity contribution in [3.05, 3.63) is 35.4 Å². The summed E-state index contributed by atoms with van der Waals surface area (Å²) in [6, 6.07) is 6.55. The number of carbonyl (C=O) groups excluding carboxylic acids is 1. The summed E-state index contributed by atoms with van der Waals surface area (Å²) in [6.45, 7) is 0.454. The van der Waals surface area contributed by atoms with E-state index in [1.807, 2.05) is 0 Å². The minimum absolute atomic E-state index is 0.0832. The molecule has 1 fully saturated rings. The van der Waals surface area contributed by atoms with Crippen LogP contribution in [0.1, 0.15) is 28.8 Å². The summed E-state index contributed by atoms with van der Waals surface area (Å²) in [5, 5.41) is 11.7. The van der Waals surface area contributed by atoms with Gasteiger partial charge in [-0.3, -0.25) is 4.79 Å². The van der Waals surface area contributed by atoms with Crippen LogP contribution in [0.2, 0.25) is 0 Å². The molecule has 1 aromatic carbocycles. The molecule has 0 aromatic heterocycles. The van der Waals surface area contributed by atoms with Crippen LogP contribution < -0.4 is 5.32 Å². The molecule has 0 aliphatic carbocycles. The van der Waals surface area contributed by atoms with Gasteiger partial charge in [0.2, 0.25) is 5.91 Å². The molecule has 1 heterocycles. The molecule has 4 nitrogen and oxygen atoms in total. The van der Waals surface area contributed by atoms with E-state index in [1.165, 1.54) is 0 Å². The molecule has 96 valence electrons. The summed E-state index contributed by atoms with van der Waals surface area (Å²) in [5.74, 6) is 0.207. The van der Waals surface area contributed by atoms with Gasteiger partial charge in [0, 0.05) is 6.54 Å². The molecule has 2 rings (SSSR count). The first-order valence-electron chi connectivity index (χ1n) is 5.88. The topological polar surface area (TPSA) is 66.4 Å². The molecule has 18 heavy (non-hydrogen) atoms. The van der Waals surface area contributed by atoms with Crippen molar-refractivity contribution in [1.82, 2.24) is 5.32 Å². The number of carboxylic acid groups (broad SMARTS) is 1. The van der Waals surface area contributed by atoms with Crippen LogP contribution in [0.3, 0.4) is 0 Å². The number of amides is 1. The van der Waals surface area contributed by atoms with Gasteiger partial charge < -0.3 is 10.4 Å². The molecular formula is C13H15NO3S. The molecule has 1 saturated heterocycles. The average molecular weight is 265 g/mol. The highest BCUT2D eigenvalue weighted by Gasteiger charge is 2.22. The lowest BCUT2D eigenvalue weighted by atomic mass is 10.1. The molecule has 2 N–H and O–H groups in total. The van der Waals surface area contributed by atoms with E-state index in [0.717, 1.165) is 24.2 Å². The maximum Gasteiger partial charge on any atom is 0.335 e. The summed E-state index contributed by atoms with van der Waals surface area (Å²) in [5.41, 5.74) is 1.17. The fourth-order valence-corrected chi connectivity index (χ4v) is 3.04. The van der Waals surface area contributed by atoms with Gasteiger partial charge in [0.25, 0.3) is 0 Å². The van der Waals surface area contributed by atoms with E-state index in [1.54, 1.807) is 36.0 Å². The van der Waals surface area contributed by atoms with E-state index in [2.05, 4.69) is 5.32 Å². The van der Waals surface area contributed by atoms with Gasteiger partial charge in [-0.25, -0.2) is 4.79 Å². The van der Waals surface area contributed by atoms with Crippen LogP contribution in [0.4, 0.5) is 0 Å². The van der Waals surface area contributed by atoms with Gasteiger partial charge >= 0.3 is 5.97 Å². The maximum atomic E-state index is 11.8. The quantitative estimate of drug-likeness (QED) is 0.872. The number of carboxylic acids is 1. The fraction of sp³-hybridized carbons (Fsp3) is 0.385. The fourth-order valence-electron chi connectivity index (χ4n) is 1.85. The number of carbonyl (C=O) groups is 2. The van der Waals surface area contributed by atoms with Gasteiger partial charge in [-0.1, -0.05) is 12.1 Å². The lowest BCUT2D eigenvalue weighted by Crippen LogP contribution is -2.30. The Labute approximate surface area is 110 Å². The van der Waals surface area contributed by atoms with E-state index in [9.17, 15) is 9.59 Å². The zero-order chi connectivity index (χ0) is 13.0. The second kappa shape index (κ2) is 5.91. The predicted molar refractivity (Wildman–Crippen MR) is 70.7 cm³/mol. The third kappa shape index (κ3) is 3.26. The number of hydrogen-bond donors (Lipinski definition) is 2. The first-order chi connectivity index (χ1) is 8.66. The van der Waals surface area contributed by atoms with E-state index in [0.29, 0.717) is 6.54 Å². The first kappa shape index (κ1) is 13.0. The number of benzene rings is 1. The summed E-state index contributed by atoms with van der Waals surface area (Å²) in [4.78, 5) is 22.4. The Balaban J connectivity index is 1.86. The molecule has 0 saturated carbocycles. The monoisotopic (exact) mass is 265 g/mol. The number of aromatic carboxylic acids is 1. The van der Waals surface area contributed by atoms with Crippen molar-refractivity contribution in [2.75, 3.05) is 5.75 Å². The first-order valence-corrected chi connectivity index (χ1v) is 6.93. The van der Waals surface area contributed by atoms with Crippen LogP contribution in [0.5, 0.6) is 0 Å². The number of rotatable bonds is 4. The van der Waals surface area contributed by atoms with Crippen molar-refractivity contribution in [3.8, 4) is 0 Å². The zero-order valence-corrected chi connectivity index (χ0v) is 10.7. The maximum absolute atomic E-state index is 11.8. The molecule has 1 aromatic rings. The second-order valence-electron chi connectivity index (χ2n) is 4.22. The van der Waals surface area contributed by atoms with Crippen molar-refractivity contribution >= 4 is 23.6 Å². The Bertz CT molecular complexity index is 438. The standard InChI is InChI=1S/C13H15NO3S/c15-12(11-2-1-7-18-11)14-8-9-3-5-10(6-4-9)13(16)17/h3-6,11H,1-2,7-8H2,(H,14,15)(H,16,17). The molecule has 0 radical (unpaired) electrons. The van der Waals surface area contributed by atoms with Crippen molar-refractivity contribution in [1.29, 1.82) is 0 Å². The lowest BCUT2D eigenvalue weighted by molar-refractivity contribution is -0.120. The minimum Gasteiger partial charge on any atom is -0.478 e. The van der Waals surface area contributed by atoms with Gasteiger partial charge in [-0.2, -0.15) is 0 Å². The number of hydrogen-bond acceptors (Lipinski definition) is 3. The molecule has 1 aliphatic rings. The zero-order valence-electron chi connectivity index (χ0n) is 9.89. The highest BCUT2D eigenvalue weighted by atomic mass is 32.2. The van der Waals surface area contributed by atoms with Crippen LogP contribution in [0.15, 0.2) is 24.3 Å². The Morgan fingerprint density at radius 1 is 1.33 bits per heavy atom. The Hall–Kier alpha value is -1.49. The molecule has 1 atom stereocenters. The molecule has 1 amide bonds. The van der Waals surface area contributed by atoms with Gasteiger partial charge in [-0.15, -0.1) is 11.8 Å². The van der Waals surface area contributed by atoms with E-state index >= 15 is 0 Å². The summed E-state index contributed by atoms with van der Waals surface area (Å²) >= 11 is 1.70. The summed E-state index contributed by atoms with van der Waals surface area (Å²) in [7, 11) is 0. The van der Waals surface area contributed by atoms with Crippen molar-refractivity contribution < 1.29 is 14.7 Å². The van der Waals surface area contributed by atoms with Crippen molar-refractivity contribution in [2.24, 2.45) is 0 Å². The van der Waals surface area contributed by atoms with Gasteiger partial charge in [0.15, 0.2) is 0 Å². The third-order valence-electron chi connectivity index (χ3n) is 2.89. The van der Waals surface area contributed by atoms with Crippen LogP contribution >= 0.6 is 11.8 Å². The lowest BCUT2D eigenvalue weighted by Gasteiger charge is -2.09. The van der Waals surface area contributed by atoms with Gasteiger partial charge in [-0.05, 0) is 36.3 Å². The highest BCUT2D eigenvalue weighted by Crippen LogP contribution is 2.26. The van der Waals surface area contributed by atoms with Crippen LogP contribution in [-0.4, -0.2) is 28.0 Å². The van der Waals surface area contributed by atoms with Gasteiger partial charge in [0.05, 0.1) is 10.8 Å². The van der Waals surface area contributed by atoms with Crippen molar-refractivity contribution in [3.63, 3.8) is 0 Å². The SMILES string of the molecule is O=C(O)c1ccc(CNC(=O)C2CCCS2)cc1. The molecule has 1 unspecified atom stereocenters. The van der Waals surface area contributed by atoms with E-state index in [4.69, 9.17) is 5.11 Å². The molecule has 0 bridgehead atoms. The third-order valence-corrected chi connectivity index (χ3v) is 4.27. The molecule has 0 spiro atoms. The van der Waals surface area contributed by atoms with Crippen molar-refractivity contribution in [2.45, 2.75) is 24.6 Å². The van der Waals surface area contributed by atoms with Crippen LogP contribution in [-0.2, 0) is 11.3 Å². The molecule has 5 heteroatoms. The number of nitrogens with one attached hydrogen (secondary N) is 1. The largest absolute Gasteiger partial charge is 0.478 e. The Morgan fingerprint density at radius 2 is 2.06 bits per heavy atom. The Kier molecular flexibility index (Phi) is 4.25. The molecule has 1 aliphatic heterocycles. The van der Waals surface area contributed by atoms with Gasteiger partial charge in [0.1, 0.15) is 0 Å². The Morgan fingerprint density at radius 3 is 2.61 bits per heavy atom. The van der Waals surface area contributed by atoms with Crippen LogP contribution in [0.25, 0.3) is 0 Å².